The minimum absolute atomic E-state index is 0.0208. The van der Waals surface area contributed by atoms with Gasteiger partial charge in [0.25, 0.3) is 0 Å². The van der Waals surface area contributed by atoms with Crippen molar-refractivity contribution in [3.05, 3.63) is 29.3 Å². The molecule has 1 unspecified atom stereocenters. The quantitative estimate of drug-likeness (QED) is 0.866. The summed E-state index contributed by atoms with van der Waals surface area (Å²) in [7, 11) is -3.40. The Labute approximate surface area is 115 Å². The van der Waals surface area contributed by atoms with E-state index in [1.165, 1.54) is 0 Å². The summed E-state index contributed by atoms with van der Waals surface area (Å²) in [5.41, 5.74) is 2.06. The standard InChI is InChI=1S/C14H22N2O2S/c1-3-5-11(2)16-19(17,18)14-7-4-6-12-10-15-9-8-13(12)14/h4,6-7,11,15-16H,3,5,8-10H2,1-2H3. The number of nitrogens with one attached hydrogen (secondary N) is 2. The van der Waals surface area contributed by atoms with Gasteiger partial charge in [-0.25, -0.2) is 13.1 Å². The van der Waals surface area contributed by atoms with Crippen molar-refractivity contribution in [2.24, 2.45) is 0 Å². The molecule has 0 radical (unpaired) electrons. The summed E-state index contributed by atoms with van der Waals surface area (Å²) in [6.45, 7) is 5.56. The lowest BCUT2D eigenvalue weighted by atomic mass is 10.0. The lowest BCUT2D eigenvalue weighted by molar-refractivity contribution is 0.541. The van der Waals surface area contributed by atoms with Gasteiger partial charge in [-0.05, 0) is 43.5 Å². The van der Waals surface area contributed by atoms with Crippen LogP contribution in [0.3, 0.4) is 0 Å². The summed E-state index contributed by atoms with van der Waals surface area (Å²) in [6, 6.07) is 5.51. The molecule has 2 rings (SSSR count). The molecule has 0 saturated heterocycles. The minimum Gasteiger partial charge on any atom is -0.312 e. The van der Waals surface area contributed by atoms with Crippen molar-refractivity contribution in [1.29, 1.82) is 0 Å². The van der Waals surface area contributed by atoms with Crippen LogP contribution in [0.2, 0.25) is 0 Å². The fourth-order valence-electron chi connectivity index (χ4n) is 2.57. The minimum atomic E-state index is -3.40. The van der Waals surface area contributed by atoms with Crippen LogP contribution in [0.5, 0.6) is 0 Å². The summed E-state index contributed by atoms with van der Waals surface area (Å²) >= 11 is 0. The largest absolute Gasteiger partial charge is 0.312 e. The molecule has 0 spiro atoms. The Morgan fingerprint density at radius 1 is 1.42 bits per heavy atom. The van der Waals surface area contributed by atoms with Crippen LogP contribution in [0.25, 0.3) is 0 Å². The SMILES string of the molecule is CCCC(C)NS(=O)(=O)c1cccc2c1CCNC2. The molecule has 19 heavy (non-hydrogen) atoms. The highest BCUT2D eigenvalue weighted by Crippen LogP contribution is 2.23. The maximum absolute atomic E-state index is 12.5. The Kier molecular flexibility index (Phi) is 4.60. The molecule has 0 bridgehead atoms. The van der Waals surface area contributed by atoms with Crippen molar-refractivity contribution < 1.29 is 8.42 Å². The number of hydrogen-bond acceptors (Lipinski definition) is 3. The van der Waals surface area contributed by atoms with Crippen molar-refractivity contribution in [2.45, 2.75) is 50.6 Å². The van der Waals surface area contributed by atoms with Gasteiger partial charge in [0.15, 0.2) is 0 Å². The molecule has 0 saturated carbocycles. The van der Waals surface area contributed by atoms with E-state index in [9.17, 15) is 8.42 Å². The molecular formula is C14H22N2O2S. The first kappa shape index (κ1) is 14.5. The molecule has 106 valence electrons. The summed E-state index contributed by atoms with van der Waals surface area (Å²) in [6.07, 6.45) is 2.60. The fourth-order valence-corrected chi connectivity index (χ4v) is 4.16. The fraction of sp³-hybridized carbons (Fsp3) is 0.571. The molecule has 1 atom stereocenters. The summed E-state index contributed by atoms with van der Waals surface area (Å²) in [5.74, 6) is 0. The maximum atomic E-state index is 12.5. The van der Waals surface area contributed by atoms with E-state index in [4.69, 9.17) is 0 Å². The molecule has 0 amide bonds. The zero-order chi connectivity index (χ0) is 13.9. The van der Waals surface area contributed by atoms with E-state index in [1.807, 2.05) is 19.1 Å². The van der Waals surface area contributed by atoms with Gasteiger partial charge in [0, 0.05) is 12.6 Å². The summed E-state index contributed by atoms with van der Waals surface area (Å²) in [5, 5.41) is 3.27. The lowest BCUT2D eigenvalue weighted by Crippen LogP contribution is -2.34. The zero-order valence-corrected chi connectivity index (χ0v) is 12.4. The van der Waals surface area contributed by atoms with E-state index in [0.29, 0.717) is 4.90 Å². The van der Waals surface area contributed by atoms with E-state index in [-0.39, 0.29) is 6.04 Å². The van der Waals surface area contributed by atoms with E-state index in [0.717, 1.165) is 43.5 Å². The predicted octanol–water partition coefficient (Wildman–Crippen LogP) is 1.80. The number of hydrogen-bond donors (Lipinski definition) is 2. The molecule has 1 aromatic rings. The van der Waals surface area contributed by atoms with Gasteiger partial charge in [-0.15, -0.1) is 0 Å². The van der Waals surface area contributed by atoms with Crippen LogP contribution in [0, 0.1) is 0 Å². The number of fused-ring (bicyclic) bond motifs is 1. The van der Waals surface area contributed by atoms with Crippen molar-refractivity contribution >= 4 is 10.0 Å². The first-order valence-corrected chi connectivity index (χ1v) is 8.36. The average Bonchev–Trinajstić information content (AvgIpc) is 2.37. The average molecular weight is 282 g/mol. The van der Waals surface area contributed by atoms with Gasteiger partial charge >= 0.3 is 0 Å². The third-order valence-corrected chi connectivity index (χ3v) is 5.14. The summed E-state index contributed by atoms with van der Waals surface area (Å²) in [4.78, 5) is 0.453. The zero-order valence-electron chi connectivity index (χ0n) is 11.6. The van der Waals surface area contributed by atoms with Crippen molar-refractivity contribution in [1.82, 2.24) is 10.0 Å². The first-order valence-electron chi connectivity index (χ1n) is 6.88. The number of rotatable bonds is 5. The second-order valence-corrected chi connectivity index (χ2v) is 6.81. The number of sulfonamides is 1. The smallest absolute Gasteiger partial charge is 0.241 e. The van der Waals surface area contributed by atoms with Crippen molar-refractivity contribution in [3.8, 4) is 0 Å². The second-order valence-electron chi connectivity index (χ2n) is 5.13. The third-order valence-electron chi connectivity index (χ3n) is 3.46. The van der Waals surface area contributed by atoms with E-state index in [1.54, 1.807) is 6.07 Å². The van der Waals surface area contributed by atoms with Gasteiger partial charge in [-0.1, -0.05) is 25.5 Å². The highest BCUT2D eigenvalue weighted by molar-refractivity contribution is 7.89. The Morgan fingerprint density at radius 2 is 2.21 bits per heavy atom. The molecule has 1 aromatic carbocycles. The van der Waals surface area contributed by atoms with Crippen molar-refractivity contribution in [3.63, 3.8) is 0 Å². The second kappa shape index (κ2) is 6.03. The molecule has 4 nitrogen and oxygen atoms in total. The highest BCUT2D eigenvalue weighted by atomic mass is 32.2. The highest BCUT2D eigenvalue weighted by Gasteiger charge is 2.23. The lowest BCUT2D eigenvalue weighted by Gasteiger charge is -2.21. The molecule has 5 heteroatoms. The molecule has 0 fully saturated rings. The van der Waals surface area contributed by atoms with Gasteiger partial charge in [-0.2, -0.15) is 0 Å². The van der Waals surface area contributed by atoms with Gasteiger partial charge in [0.2, 0.25) is 10.0 Å². The maximum Gasteiger partial charge on any atom is 0.241 e. The van der Waals surface area contributed by atoms with Crippen LogP contribution in [0.1, 0.15) is 37.8 Å². The molecule has 2 N–H and O–H groups in total. The Balaban J connectivity index is 2.30. The number of benzene rings is 1. The molecular weight excluding hydrogens is 260 g/mol. The monoisotopic (exact) mass is 282 g/mol. The topological polar surface area (TPSA) is 58.2 Å². The Hall–Kier alpha value is -0.910. The van der Waals surface area contributed by atoms with E-state index >= 15 is 0 Å². The molecule has 0 aromatic heterocycles. The van der Waals surface area contributed by atoms with Crippen LogP contribution < -0.4 is 10.0 Å². The van der Waals surface area contributed by atoms with E-state index in [2.05, 4.69) is 17.0 Å². The van der Waals surface area contributed by atoms with Gasteiger partial charge < -0.3 is 5.32 Å². The molecule has 1 aliphatic rings. The molecule has 1 heterocycles. The Morgan fingerprint density at radius 3 is 2.95 bits per heavy atom. The van der Waals surface area contributed by atoms with Crippen LogP contribution in [-0.4, -0.2) is 21.0 Å². The van der Waals surface area contributed by atoms with Crippen LogP contribution >= 0.6 is 0 Å². The third kappa shape index (κ3) is 3.35. The first-order chi connectivity index (χ1) is 9.04. The van der Waals surface area contributed by atoms with Gasteiger partial charge in [-0.3, -0.25) is 0 Å². The van der Waals surface area contributed by atoms with Crippen LogP contribution in [-0.2, 0) is 23.0 Å². The summed E-state index contributed by atoms with van der Waals surface area (Å²) < 4.78 is 27.7. The van der Waals surface area contributed by atoms with Gasteiger partial charge in [0.1, 0.15) is 0 Å². The normalized spacial score (nSPS) is 16.9. The van der Waals surface area contributed by atoms with Crippen LogP contribution in [0.15, 0.2) is 23.1 Å². The Bertz CT molecular complexity index is 540. The van der Waals surface area contributed by atoms with Gasteiger partial charge in [0.05, 0.1) is 4.90 Å². The van der Waals surface area contributed by atoms with E-state index < -0.39 is 10.0 Å². The predicted molar refractivity (Wildman–Crippen MR) is 76.5 cm³/mol. The molecule has 1 aliphatic heterocycles. The molecule has 0 aliphatic carbocycles. The van der Waals surface area contributed by atoms with Crippen molar-refractivity contribution in [2.75, 3.05) is 6.54 Å². The van der Waals surface area contributed by atoms with Crippen LogP contribution in [0.4, 0.5) is 0 Å².